The second-order valence-corrected chi connectivity index (χ2v) is 5.74. The van der Waals surface area contributed by atoms with E-state index in [-0.39, 0.29) is 18.0 Å². The number of halogens is 1. The lowest BCUT2D eigenvalue weighted by Gasteiger charge is -2.30. The summed E-state index contributed by atoms with van der Waals surface area (Å²) in [6, 6.07) is 5.31. The van der Waals surface area contributed by atoms with Gasteiger partial charge in [-0.05, 0) is 39.2 Å². The normalized spacial score (nSPS) is 22.8. The van der Waals surface area contributed by atoms with Crippen LogP contribution in [0.1, 0.15) is 12.0 Å². The fourth-order valence-electron chi connectivity index (χ4n) is 2.98. The van der Waals surface area contributed by atoms with Crippen molar-refractivity contribution < 1.29 is 9.50 Å². The van der Waals surface area contributed by atoms with Gasteiger partial charge in [-0.2, -0.15) is 0 Å². The van der Waals surface area contributed by atoms with Crippen LogP contribution in [0, 0.1) is 5.82 Å². The minimum atomic E-state index is -0.387. The van der Waals surface area contributed by atoms with Gasteiger partial charge in [0.25, 0.3) is 0 Å². The number of nitrogens with zero attached hydrogens (tertiary/aromatic N) is 2. The lowest BCUT2D eigenvalue weighted by atomic mass is 10.1. The van der Waals surface area contributed by atoms with Gasteiger partial charge in [-0.1, -0.05) is 12.1 Å². The summed E-state index contributed by atoms with van der Waals surface area (Å²) < 4.78 is 14.3. The van der Waals surface area contributed by atoms with E-state index in [0.29, 0.717) is 25.2 Å². The highest BCUT2D eigenvalue weighted by Crippen LogP contribution is 2.31. The molecule has 0 radical (unpaired) electrons. The van der Waals surface area contributed by atoms with E-state index in [1.54, 1.807) is 6.07 Å². The van der Waals surface area contributed by atoms with Crippen LogP contribution in [0.5, 0.6) is 0 Å². The molecule has 4 nitrogen and oxygen atoms in total. The second-order valence-electron chi connectivity index (χ2n) is 5.74. The lowest BCUT2D eigenvalue weighted by Crippen LogP contribution is -2.38. The Balaban J connectivity index is 2.33. The number of para-hydroxylation sites is 1. The molecule has 0 spiro atoms. The molecule has 2 atom stereocenters. The van der Waals surface area contributed by atoms with Gasteiger partial charge in [0.1, 0.15) is 5.82 Å². The number of anilines is 1. The molecule has 1 aliphatic rings. The standard InChI is InChI=1S/C15H24FN3O/c1-17-8-11-5-4-6-14(16)15(11)19-10-13(20)7-12(19)9-18(2)3/h4-6,12-13,17,20H,7-10H2,1-3H3. The first-order chi connectivity index (χ1) is 9.52. The van der Waals surface area contributed by atoms with Crippen molar-refractivity contribution in [3.63, 3.8) is 0 Å². The smallest absolute Gasteiger partial charge is 0.146 e. The third-order valence-corrected chi connectivity index (χ3v) is 3.69. The zero-order chi connectivity index (χ0) is 14.7. The number of β-amino-alcohol motifs (C(OH)–C–C–N with tert-alkyl or cyclic N) is 1. The first-order valence-corrected chi connectivity index (χ1v) is 7.04. The molecule has 1 heterocycles. The van der Waals surface area contributed by atoms with Gasteiger partial charge in [0.15, 0.2) is 0 Å². The topological polar surface area (TPSA) is 38.7 Å². The van der Waals surface area contributed by atoms with Gasteiger partial charge in [-0.25, -0.2) is 4.39 Å². The Bertz CT molecular complexity index is 453. The summed E-state index contributed by atoms with van der Waals surface area (Å²) in [5, 5.41) is 13.0. The molecule has 20 heavy (non-hydrogen) atoms. The van der Waals surface area contributed by atoms with Gasteiger partial charge in [-0.3, -0.25) is 0 Å². The fourth-order valence-corrected chi connectivity index (χ4v) is 2.98. The van der Waals surface area contributed by atoms with Crippen LogP contribution in [0.4, 0.5) is 10.1 Å². The zero-order valence-corrected chi connectivity index (χ0v) is 12.4. The predicted molar refractivity (Wildman–Crippen MR) is 79.5 cm³/mol. The largest absolute Gasteiger partial charge is 0.391 e. The summed E-state index contributed by atoms with van der Waals surface area (Å²) in [4.78, 5) is 4.10. The van der Waals surface area contributed by atoms with Gasteiger partial charge in [0, 0.05) is 25.7 Å². The summed E-state index contributed by atoms with van der Waals surface area (Å²) in [6.45, 7) is 1.93. The molecule has 2 unspecified atom stereocenters. The van der Waals surface area contributed by atoms with E-state index in [0.717, 1.165) is 12.1 Å². The van der Waals surface area contributed by atoms with Crippen molar-refractivity contribution in [2.24, 2.45) is 0 Å². The Morgan fingerprint density at radius 2 is 2.20 bits per heavy atom. The molecular weight excluding hydrogens is 257 g/mol. The summed E-state index contributed by atoms with van der Waals surface area (Å²) in [7, 11) is 5.85. The first-order valence-electron chi connectivity index (χ1n) is 7.04. The van der Waals surface area contributed by atoms with E-state index < -0.39 is 0 Å². The van der Waals surface area contributed by atoms with Crippen LogP contribution >= 0.6 is 0 Å². The average Bonchev–Trinajstić information content (AvgIpc) is 2.69. The van der Waals surface area contributed by atoms with Crippen LogP contribution < -0.4 is 10.2 Å². The van der Waals surface area contributed by atoms with Crippen molar-refractivity contribution in [2.75, 3.05) is 39.1 Å². The molecule has 1 fully saturated rings. The Kier molecular flexibility index (Phi) is 4.96. The maximum atomic E-state index is 14.3. The van der Waals surface area contributed by atoms with Gasteiger partial charge in [0.05, 0.1) is 11.8 Å². The minimum absolute atomic E-state index is 0.146. The van der Waals surface area contributed by atoms with Gasteiger partial charge >= 0.3 is 0 Å². The number of benzene rings is 1. The maximum absolute atomic E-state index is 14.3. The molecule has 2 N–H and O–H groups in total. The van der Waals surface area contributed by atoms with Crippen LogP contribution in [0.15, 0.2) is 18.2 Å². The maximum Gasteiger partial charge on any atom is 0.146 e. The molecule has 0 aliphatic carbocycles. The molecule has 5 heteroatoms. The minimum Gasteiger partial charge on any atom is -0.391 e. The fraction of sp³-hybridized carbons (Fsp3) is 0.600. The number of nitrogens with one attached hydrogen (secondary N) is 1. The van der Waals surface area contributed by atoms with E-state index in [1.165, 1.54) is 6.07 Å². The monoisotopic (exact) mass is 281 g/mol. The highest BCUT2D eigenvalue weighted by molar-refractivity contribution is 5.57. The highest BCUT2D eigenvalue weighted by Gasteiger charge is 2.33. The quantitative estimate of drug-likeness (QED) is 0.846. The molecule has 1 aromatic carbocycles. The third kappa shape index (κ3) is 3.29. The van der Waals surface area contributed by atoms with E-state index in [1.807, 2.05) is 32.1 Å². The van der Waals surface area contributed by atoms with Gasteiger partial charge < -0.3 is 20.2 Å². The Morgan fingerprint density at radius 3 is 2.85 bits per heavy atom. The number of aliphatic hydroxyl groups is 1. The van der Waals surface area contributed by atoms with E-state index in [2.05, 4.69) is 10.2 Å². The molecular formula is C15H24FN3O. The molecule has 0 aromatic heterocycles. The predicted octanol–water partition coefficient (Wildman–Crippen LogP) is 1.05. The van der Waals surface area contributed by atoms with Crippen LogP contribution in [-0.4, -0.2) is 56.4 Å². The van der Waals surface area contributed by atoms with Crippen LogP contribution in [0.3, 0.4) is 0 Å². The molecule has 1 saturated heterocycles. The Morgan fingerprint density at radius 1 is 1.45 bits per heavy atom. The number of aliphatic hydroxyl groups excluding tert-OH is 1. The SMILES string of the molecule is CNCc1cccc(F)c1N1CC(O)CC1CN(C)C. The molecule has 1 aromatic rings. The summed E-state index contributed by atoms with van der Waals surface area (Å²) in [5.41, 5.74) is 1.57. The van der Waals surface area contributed by atoms with Crippen molar-refractivity contribution in [1.82, 2.24) is 10.2 Å². The van der Waals surface area contributed by atoms with Crippen molar-refractivity contribution in [3.05, 3.63) is 29.6 Å². The van der Waals surface area contributed by atoms with Gasteiger partial charge in [0.2, 0.25) is 0 Å². The molecule has 0 saturated carbocycles. The second kappa shape index (κ2) is 6.52. The third-order valence-electron chi connectivity index (χ3n) is 3.69. The summed E-state index contributed by atoms with van der Waals surface area (Å²) in [6.07, 6.45) is 0.299. The summed E-state index contributed by atoms with van der Waals surface area (Å²) >= 11 is 0. The number of likely N-dealkylation sites (N-methyl/N-ethyl adjacent to an activating group) is 1. The van der Waals surface area contributed by atoms with E-state index in [9.17, 15) is 9.50 Å². The Labute approximate surface area is 120 Å². The van der Waals surface area contributed by atoms with E-state index >= 15 is 0 Å². The molecule has 0 amide bonds. The molecule has 2 rings (SSSR count). The highest BCUT2D eigenvalue weighted by atomic mass is 19.1. The zero-order valence-electron chi connectivity index (χ0n) is 12.4. The van der Waals surface area contributed by atoms with Gasteiger partial charge in [-0.15, -0.1) is 0 Å². The van der Waals surface area contributed by atoms with Crippen LogP contribution in [-0.2, 0) is 6.54 Å². The number of rotatable bonds is 5. The lowest BCUT2D eigenvalue weighted by molar-refractivity contribution is 0.191. The molecule has 1 aliphatic heterocycles. The van der Waals surface area contributed by atoms with Crippen LogP contribution in [0.25, 0.3) is 0 Å². The van der Waals surface area contributed by atoms with Crippen molar-refractivity contribution in [2.45, 2.75) is 25.1 Å². The average molecular weight is 281 g/mol. The van der Waals surface area contributed by atoms with Crippen molar-refractivity contribution >= 4 is 5.69 Å². The van der Waals surface area contributed by atoms with Crippen molar-refractivity contribution in [3.8, 4) is 0 Å². The van der Waals surface area contributed by atoms with Crippen molar-refractivity contribution in [1.29, 1.82) is 0 Å². The number of hydrogen-bond donors (Lipinski definition) is 2. The Hall–Kier alpha value is -1.17. The first kappa shape index (κ1) is 15.2. The van der Waals surface area contributed by atoms with E-state index in [4.69, 9.17) is 0 Å². The number of hydrogen-bond acceptors (Lipinski definition) is 4. The van der Waals surface area contributed by atoms with Crippen LogP contribution in [0.2, 0.25) is 0 Å². The molecule has 112 valence electrons. The summed E-state index contributed by atoms with van der Waals surface area (Å²) in [5.74, 6) is -0.212. The molecule has 0 bridgehead atoms.